The number of nitrogens with one attached hydrogen (secondary N) is 2. The van der Waals surface area contributed by atoms with Gasteiger partial charge in [0.05, 0.1) is 23.0 Å². The summed E-state index contributed by atoms with van der Waals surface area (Å²) < 4.78 is 1.80. The van der Waals surface area contributed by atoms with Crippen molar-refractivity contribution in [2.75, 3.05) is 11.1 Å². The van der Waals surface area contributed by atoms with E-state index < -0.39 is 0 Å². The highest BCUT2D eigenvalue weighted by atomic mass is 35.5. The number of rotatable bonds is 9. The second-order valence-electron chi connectivity index (χ2n) is 6.31. The van der Waals surface area contributed by atoms with Crippen LogP contribution in [0.15, 0.2) is 66.3 Å². The summed E-state index contributed by atoms with van der Waals surface area (Å²) in [5.74, 6) is 0.209. The summed E-state index contributed by atoms with van der Waals surface area (Å²) in [5.41, 5.74) is 1.04. The molecule has 0 atom stereocenters. The first-order valence-electron chi connectivity index (χ1n) is 9.22. The van der Waals surface area contributed by atoms with Gasteiger partial charge in [0.15, 0.2) is 11.0 Å². The molecule has 1 heterocycles. The standard InChI is InChI=1S/C21H19Cl2N5O2S/c1-2-10-28-18(12-24-20(30)14-6-4-3-5-7-14)26-27-21(28)31-13-19(29)25-17-9-8-15(22)11-16(17)23/h2-9,11H,1,10,12-13H2,(H,24,30)(H,25,29). The molecule has 160 valence electrons. The van der Waals surface area contributed by atoms with Crippen molar-refractivity contribution >= 4 is 52.5 Å². The molecule has 31 heavy (non-hydrogen) atoms. The van der Waals surface area contributed by atoms with E-state index in [1.165, 1.54) is 11.8 Å². The lowest BCUT2D eigenvalue weighted by Gasteiger charge is -2.10. The molecule has 10 heteroatoms. The molecule has 0 unspecified atom stereocenters. The van der Waals surface area contributed by atoms with Crippen LogP contribution in [0, 0.1) is 0 Å². The molecule has 2 N–H and O–H groups in total. The van der Waals surface area contributed by atoms with Crippen LogP contribution in [0.1, 0.15) is 16.2 Å². The van der Waals surface area contributed by atoms with E-state index in [9.17, 15) is 9.59 Å². The lowest BCUT2D eigenvalue weighted by atomic mass is 10.2. The highest BCUT2D eigenvalue weighted by Crippen LogP contribution is 2.26. The molecule has 3 aromatic rings. The van der Waals surface area contributed by atoms with Crippen LogP contribution in [0.25, 0.3) is 0 Å². The first kappa shape index (κ1) is 22.9. The van der Waals surface area contributed by atoms with Crippen molar-refractivity contribution in [2.24, 2.45) is 0 Å². The van der Waals surface area contributed by atoms with Gasteiger partial charge in [-0.15, -0.1) is 16.8 Å². The Kier molecular flexibility index (Phi) is 8.11. The first-order valence-corrected chi connectivity index (χ1v) is 11.0. The van der Waals surface area contributed by atoms with Crippen LogP contribution in [0.3, 0.4) is 0 Å². The van der Waals surface area contributed by atoms with Gasteiger partial charge in [-0.05, 0) is 30.3 Å². The van der Waals surface area contributed by atoms with E-state index in [4.69, 9.17) is 23.2 Å². The molecular formula is C21H19Cl2N5O2S. The van der Waals surface area contributed by atoms with E-state index in [1.807, 2.05) is 6.07 Å². The summed E-state index contributed by atoms with van der Waals surface area (Å²) in [4.78, 5) is 24.6. The van der Waals surface area contributed by atoms with Crippen molar-refractivity contribution < 1.29 is 9.59 Å². The zero-order valence-electron chi connectivity index (χ0n) is 16.3. The van der Waals surface area contributed by atoms with Gasteiger partial charge in [0.25, 0.3) is 5.91 Å². The number of allylic oxidation sites excluding steroid dienone is 1. The van der Waals surface area contributed by atoms with Crippen molar-refractivity contribution in [3.63, 3.8) is 0 Å². The Morgan fingerprint density at radius 3 is 2.61 bits per heavy atom. The minimum absolute atomic E-state index is 0.102. The Morgan fingerprint density at radius 2 is 1.90 bits per heavy atom. The van der Waals surface area contributed by atoms with Gasteiger partial charge in [0, 0.05) is 17.1 Å². The lowest BCUT2D eigenvalue weighted by molar-refractivity contribution is -0.113. The average molecular weight is 476 g/mol. The van der Waals surface area contributed by atoms with E-state index >= 15 is 0 Å². The molecule has 1 aromatic heterocycles. The fraction of sp³-hybridized carbons (Fsp3) is 0.143. The van der Waals surface area contributed by atoms with Crippen molar-refractivity contribution in [3.05, 3.63) is 82.6 Å². The fourth-order valence-electron chi connectivity index (χ4n) is 2.63. The molecule has 2 amide bonds. The molecule has 0 saturated carbocycles. The number of thioether (sulfide) groups is 1. The average Bonchev–Trinajstić information content (AvgIpc) is 3.15. The maximum absolute atomic E-state index is 12.3. The Balaban J connectivity index is 1.61. The van der Waals surface area contributed by atoms with Crippen molar-refractivity contribution in [1.29, 1.82) is 0 Å². The number of hydrogen-bond acceptors (Lipinski definition) is 5. The largest absolute Gasteiger partial charge is 0.345 e. The van der Waals surface area contributed by atoms with Crippen molar-refractivity contribution in [3.8, 4) is 0 Å². The maximum Gasteiger partial charge on any atom is 0.251 e. The molecule has 0 saturated heterocycles. The molecule has 3 rings (SSSR count). The maximum atomic E-state index is 12.3. The molecule has 0 radical (unpaired) electrons. The van der Waals surface area contributed by atoms with Gasteiger partial charge in [-0.25, -0.2) is 0 Å². The molecule has 0 fully saturated rings. The van der Waals surface area contributed by atoms with Crippen molar-refractivity contribution in [2.45, 2.75) is 18.2 Å². The van der Waals surface area contributed by atoms with Crippen LogP contribution in [-0.2, 0) is 17.9 Å². The monoisotopic (exact) mass is 475 g/mol. The van der Waals surface area contributed by atoms with E-state index in [-0.39, 0.29) is 24.1 Å². The normalized spacial score (nSPS) is 10.5. The van der Waals surface area contributed by atoms with Gasteiger partial charge < -0.3 is 15.2 Å². The summed E-state index contributed by atoms with van der Waals surface area (Å²) >= 11 is 13.2. The highest BCUT2D eigenvalue weighted by molar-refractivity contribution is 7.99. The first-order chi connectivity index (χ1) is 15.0. The molecule has 7 nitrogen and oxygen atoms in total. The predicted molar refractivity (Wildman–Crippen MR) is 124 cm³/mol. The van der Waals surface area contributed by atoms with Gasteiger partial charge in [-0.2, -0.15) is 0 Å². The molecule has 0 aliphatic rings. The fourth-order valence-corrected chi connectivity index (χ4v) is 3.85. The van der Waals surface area contributed by atoms with Crippen LogP contribution in [0.2, 0.25) is 10.0 Å². The Labute approximate surface area is 193 Å². The molecular weight excluding hydrogens is 457 g/mol. The highest BCUT2D eigenvalue weighted by Gasteiger charge is 2.15. The van der Waals surface area contributed by atoms with Gasteiger partial charge in [0.2, 0.25) is 5.91 Å². The number of amides is 2. The quantitative estimate of drug-likeness (QED) is 0.352. The minimum Gasteiger partial charge on any atom is -0.345 e. The molecule has 0 aliphatic carbocycles. The predicted octanol–water partition coefficient (Wildman–Crippen LogP) is 4.43. The van der Waals surface area contributed by atoms with Crippen LogP contribution in [0.4, 0.5) is 5.69 Å². The van der Waals surface area contributed by atoms with Crippen LogP contribution in [0.5, 0.6) is 0 Å². The Hall–Kier alpha value is -2.81. The second-order valence-corrected chi connectivity index (χ2v) is 8.09. The Morgan fingerprint density at radius 1 is 1.13 bits per heavy atom. The molecule has 2 aromatic carbocycles. The lowest BCUT2D eigenvalue weighted by Crippen LogP contribution is -2.24. The van der Waals surface area contributed by atoms with E-state index in [0.29, 0.717) is 38.8 Å². The number of carbonyl (C=O) groups is 2. The Bertz CT molecular complexity index is 1090. The third kappa shape index (κ3) is 6.33. The SMILES string of the molecule is C=CCn1c(CNC(=O)c2ccccc2)nnc1SCC(=O)Nc1ccc(Cl)cc1Cl. The second kappa shape index (κ2) is 11.0. The van der Waals surface area contributed by atoms with Gasteiger partial charge in [0.1, 0.15) is 0 Å². The van der Waals surface area contributed by atoms with E-state index in [2.05, 4.69) is 27.4 Å². The smallest absolute Gasteiger partial charge is 0.251 e. The summed E-state index contributed by atoms with van der Waals surface area (Å²) in [5, 5.41) is 15.2. The third-order valence-electron chi connectivity index (χ3n) is 4.09. The molecule has 0 spiro atoms. The van der Waals surface area contributed by atoms with Crippen LogP contribution >= 0.6 is 35.0 Å². The number of hydrogen-bond donors (Lipinski definition) is 2. The van der Waals surface area contributed by atoms with E-state index in [0.717, 1.165) is 0 Å². The minimum atomic E-state index is -0.249. The zero-order chi connectivity index (χ0) is 22.2. The van der Waals surface area contributed by atoms with Crippen LogP contribution in [-0.4, -0.2) is 32.3 Å². The molecule has 0 aliphatic heterocycles. The topological polar surface area (TPSA) is 88.9 Å². The van der Waals surface area contributed by atoms with Gasteiger partial charge in [-0.3, -0.25) is 9.59 Å². The number of nitrogens with zero attached hydrogens (tertiary/aromatic N) is 3. The van der Waals surface area contributed by atoms with Crippen molar-refractivity contribution in [1.82, 2.24) is 20.1 Å². The zero-order valence-corrected chi connectivity index (χ0v) is 18.7. The summed E-state index contributed by atoms with van der Waals surface area (Å²) in [7, 11) is 0. The van der Waals surface area contributed by atoms with E-state index in [1.54, 1.807) is 53.1 Å². The summed E-state index contributed by atoms with van der Waals surface area (Å²) in [6.07, 6.45) is 1.70. The summed E-state index contributed by atoms with van der Waals surface area (Å²) in [6.45, 7) is 4.39. The number of benzene rings is 2. The third-order valence-corrected chi connectivity index (χ3v) is 5.60. The number of carbonyl (C=O) groups excluding carboxylic acids is 2. The van der Waals surface area contributed by atoms with Crippen LogP contribution < -0.4 is 10.6 Å². The number of aromatic nitrogens is 3. The van der Waals surface area contributed by atoms with Gasteiger partial charge in [-0.1, -0.05) is 59.2 Å². The number of anilines is 1. The number of halogens is 2. The molecule has 0 bridgehead atoms. The van der Waals surface area contributed by atoms with Gasteiger partial charge >= 0.3 is 0 Å². The summed E-state index contributed by atoms with van der Waals surface area (Å²) in [6, 6.07) is 13.8.